The molecule has 0 unspecified atom stereocenters. The first-order chi connectivity index (χ1) is 12.1. The van der Waals surface area contributed by atoms with Gasteiger partial charge in [-0.25, -0.2) is 5.43 Å². The Kier molecular flexibility index (Phi) is 5.14. The summed E-state index contributed by atoms with van der Waals surface area (Å²) in [5, 5.41) is 16.0. The van der Waals surface area contributed by atoms with Crippen LogP contribution >= 0.6 is 15.9 Å². The van der Waals surface area contributed by atoms with E-state index in [1.165, 1.54) is 6.21 Å². The molecule has 1 amide bonds. The second-order valence-electron chi connectivity index (χ2n) is 5.73. The summed E-state index contributed by atoms with van der Waals surface area (Å²) in [7, 11) is 0. The number of fused-ring (bicyclic) bond motifs is 1. The van der Waals surface area contributed by atoms with Crippen LogP contribution in [0.15, 0.2) is 64.2 Å². The number of nitrogens with one attached hydrogen (secondary N) is 1. The van der Waals surface area contributed by atoms with E-state index in [1.54, 1.807) is 6.07 Å². The van der Waals surface area contributed by atoms with Gasteiger partial charge in [0, 0.05) is 10.0 Å². The van der Waals surface area contributed by atoms with Gasteiger partial charge in [0.05, 0.1) is 12.6 Å². The van der Waals surface area contributed by atoms with Gasteiger partial charge in [0.2, 0.25) is 5.91 Å². The van der Waals surface area contributed by atoms with E-state index in [9.17, 15) is 9.90 Å². The highest BCUT2D eigenvalue weighted by Crippen LogP contribution is 2.27. The molecule has 0 fully saturated rings. The van der Waals surface area contributed by atoms with E-state index < -0.39 is 0 Å². The third-order valence-corrected chi connectivity index (χ3v) is 4.67. The highest BCUT2D eigenvalue weighted by molar-refractivity contribution is 9.10. The number of hydrazone groups is 1. The molecule has 3 rings (SSSR count). The molecule has 0 spiro atoms. The van der Waals surface area contributed by atoms with Crippen LogP contribution in [0, 0.1) is 6.92 Å². The van der Waals surface area contributed by atoms with Crippen LogP contribution in [0.1, 0.15) is 16.7 Å². The maximum atomic E-state index is 12.2. The predicted molar refractivity (Wildman–Crippen MR) is 104 cm³/mol. The van der Waals surface area contributed by atoms with Gasteiger partial charge >= 0.3 is 0 Å². The fraction of sp³-hybridized carbons (Fsp3) is 0.100. The number of benzene rings is 3. The minimum Gasteiger partial charge on any atom is -0.507 e. The fourth-order valence-corrected chi connectivity index (χ4v) is 3.13. The van der Waals surface area contributed by atoms with E-state index in [2.05, 4.69) is 26.5 Å². The number of carbonyl (C=O) groups is 1. The zero-order valence-electron chi connectivity index (χ0n) is 13.7. The molecule has 4 nitrogen and oxygen atoms in total. The number of halogens is 1. The number of amides is 1. The van der Waals surface area contributed by atoms with E-state index in [-0.39, 0.29) is 18.1 Å². The van der Waals surface area contributed by atoms with Crippen LogP contribution < -0.4 is 5.43 Å². The smallest absolute Gasteiger partial charge is 0.244 e. The Morgan fingerprint density at radius 3 is 2.68 bits per heavy atom. The molecule has 3 aromatic rings. The van der Waals surface area contributed by atoms with E-state index in [1.807, 2.05) is 55.5 Å². The molecular weight excluding hydrogens is 380 g/mol. The largest absolute Gasteiger partial charge is 0.507 e. The molecule has 5 heteroatoms. The minimum atomic E-state index is -0.212. The van der Waals surface area contributed by atoms with E-state index in [4.69, 9.17) is 0 Å². The Morgan fingerprint density at radius 1 is 1.12 bits per heavy atom. The van der Waals surface area contributed by atoms with Gasteiger partial charge in [-0.05, 0) is 41.0 Å². The first-order valence-electron chi connectivity index (χ1n) is 7.83. The molecule has 0 saturated carbocycles. The number of aryl methyl sites for hydroxylation is 1. The van der Waals surface area contributed by atoms with Crippen LogP contribution in [0.3, 0.4) is 0 Å². The molecule has 0 aliphatic rings. The second kappa shape index (κ2) is 7.49. The van der Waals surface area contributed by atoms with Crippen molar-refractivity contribution < 1.29 is 9.90 Å². The lowest BCUT2D eigenvalue weighted by atomic mass is 10.0. The van der Waals surface area contributed by atoms with Crippen LogP contribution in [0.4, 0.5) is 0 Å². The molecular formula is C20H17BrN2O2. The van der Waals surface area contributed by atoms with Gasteiger partial charge in [-0.15, -0.1) is 0 Å². The molecule has 0 aromatic heterocycles. The average Bonchev–Trinajstić information content (AvgIpc) is 2.61. The minimum absolute atomic E-state index is 0.166. The van der Waals surface area contributed by atoms with Crippen molar-refractivity contribution in [3.63, 3.8) is 0 Å². The van der Waals surface area contributed by atoms with Crippen molar-refractivity contribution in [1.29, 1.82) is 0 Å². The topological polar surface area (TPSA) is 61.7 Å². The lowest BCUT2D eigenvalue weighted by molar-refractivity contribution is -0.120. The van der Waals surface area contributed by atoms with Crippen molar-refractivity contribution in [2.45, 2.75) is 13.3 Å². The van der Waals surface area contributed by atoms with Crippen molar-refractivity contribution in [2.24, 2.45) is 5.10 Å². The Bertz CT molecular complexity index is 967. The number of phenols is 1. The van der Waals surface area contributed by atoms with E-state index in [0.29, 0.717) is 5.56 Å². The molecule has 0 aliphatic carbocycles. The second-order valence-corrected chi connectivity index (χ2v) is 6.59. The van der Waals surface area contributed by atoms with Crippen molar-refractivity contribution >= 4 is 38.8 Å². The third kappa shape index (κ3) is 3.88. The first kappa shape index (κ1) is 17.2. The van der Waals surface area contributed by atoms with Gasteiger partial charge in [0.25, 0.3) is 0 Å². The number of hydrogen-bond donors (Lipinski definition) is 2. The average molecular weight is 397 g/mol. The number of hydrogen-bond acceptors (Lipinski definition) is 3. The number of nitrogens with zero attached hydrogens (tertiary/aromatic N) is 1. The zero-order chi connectivity index (χ0) is 17.8. The zero-order valence-corrected chi connectivity index (χ0v) is 15.2. The predicted octanol–water partition coefficient (Wildman–Crippen LogP) is 4.31. The molecule has 2 N–H and O–H groups in total. The van der Waals surface area contributed by atoms with Gasteiger partial charge in [-0.3, -0.25) is 4.79 Å². The van der Waals surface area contributed by atoms with Gasteiger partial charge in [-0.1, -0.05) is 58.4 Å². The maximum Gasteiger partial charge on any atom is 0.244 e. The van der Waals surface area contributed by atoms with Crippen LogP contribution in [0.25, 0.3) is 10.8 Å². The van der Waals surface area contributed by atoms with E-state index in [0.717, 1.165) is 26.4 Å². The molecule has 126 valence electrons. The Labute approximate surface area is 154 Å². The van der Waals surface area contributed by atoms with Gasteiger partial charge < -0.3 is 5.11 Å². The number of para-hydroxylation sites is 1. The third-order valence-electron chi connectivity index (χ3n) is 3.97. The molecule has 0 aliphatic heterocycles. The summed E-state index contributed by atoms with van der Waals surface area (Å²) in [4.78, 5) is 12.2. The lowest BCUT2D eigenvalue weighted by Gasteiger charge is -2.07. The summed E-state index contributed by atoms with van der Waals surface area (Å²) in [6.45, 7) is 1.81. The van der Waals surface area contributed by atoms with Crippen LogP contribution in [0.2, 0.25) is 0 Å². The quantitative estimate of drug-likeness (QED) is 0.509. The Balaban J connectivity index is 1.72. The van der Waals surface area contributed by atoms with Crippen molar-refractivity contribution in [3.8, 4) is 5.75 Å². The number of aromatic hydroxyl groups is 1. The summed E-state index contributed by atoms with van der Waals surface area (Å²) in [5.41, 5.74) is 4.77. The summed E-state index contributed by atoms with van der Waals surface area (Å²) in [6.07, 6.45) is 1.67. The molecule has 25 heavy (non-hydrogen) atoms. The van der Waals surface area contributed by atoms with Crippen molar-refractivity contribution in [2.75, 3.05) is 0 Å². The van der Waals surface area contributed by atoms with Crippen molar-refractivity contribution in [1.82, 2.24) is 5.43 Å². The van der Waals surface area contributed by atoms with Crippen LogP contribution in [0.5, 0.6) is 5.75 Å². The molecule has 3 aromatic carbocycles. The monoisotopic (exact) mass is 396 g/mol. The standard InChI is InChI=1S/C20H17BrN2O2/c1-13-5-4-6-15(20(13)25)12-22-23-19(24)11-14-9-10-18(21)17-8-3-2-7-16(14)17/h2-10,12,25H,11H2,1H3,(H,23,24). The van der Waals surface area contributed by atoms with Gasteiger partial charge in [-0.2, -0.15) is 5.10 Å². The summed E-state index contributed by atoms with van der Waals surface area (Å²) >= 11 is 3.53. The Morgan fingerprint density at radius 2 is 1.88 bits per heavy atom. The summed E-state index contributed by atoms with van der Waals surface area (Å²) in [6, 6.07) is 17.2. The van der Waals surface area contributed by atoms with E-state index >= 15 is 0 Å². The van der Waals surface area contributed by atoms with Crippen LogP contribution in [-0.4, -0.2) is 17.2 Å². The van der Waals surface area contributed by atoms with Crippen molar-refractivity contribution in [3.05, 3.63) is 75.8 Å². The highest BCUT2D eigenvalue weighted by atomic mass is 79.9. The summed E-state index contributed by atoms with van der Waals surface area (Å²) in [5.74, 6) is -0.0460. The lowest BCUT2D eigenvalue weighted by Crippen LogP contribution is -2.19. The SMILES string of the molecule is Cc1cccc(C=NNC(=O)Cc2ccc(Br)c3ccccc23)c1O. The summed E-state index contributed by atoms with van der Waals surface area (Å²) < 4.78 is 1.00. The molecule has 0 atom stereocenters. The van der Waals surface area contributed by atoms with Crippen LogP contribution in [-0.2, 0) is 11.2 Å². The maximum absolute atomic E-state index is 12.2. The normalized spacial score (nSPS) is 11.1. The molecule has 0 saturated heterocycles. The molecule has 0 radical (unpaired) electrons. The molecule has 0 bridgehead atoms. The fourth-order valence-electron chi connectivity index (χ4n) is 2.65. The van der Waals surface area contributed by atoms with Gasteiger partial charge in [0.15, 0.2) is 0 Å². The Hall–Kier alpha value is -2.66. The highest BCUT2D eigenvalue weighted by Gasteiger charge is 2.08. The molecule has 0 heterocycles. The first-order valence-corrected chi connectivity index (χ1v) is 8.62. The number of rotatable bonds is 4. The number of carbonyl (C=O) groups excluding carboxylic acids is 1. The van der Waals surface area contributed by atoms with Gasteiger partial charge in [0.1, 0.15) is 5.75 Å². The number of phenolic OH excluding ortho intramolecular Hbond substituents is 1.